The second-order valence-corrected chi connectivity index (χ2v) is 8.33. The zero-order valence-corrected chi connectivity index (χ0v) is 21.3. The fraction of sp³-hybridized carbons (Fsp3) is 0.696. The molecule has 0 aliphatic carbocycles. The van der Waals surface area contributed by atoms with E-state index < -0.39 is 0 Å². The molecule has 1 aromatic carbocycles. The molecule has 6 nitrogen and oxygen atoms in total. The maximum absolute atomic E-state index is 13.4. The quantitative estimate of drug-likeness (QED) is 0.298. The molecule has 8 heteroatoms. The molecule has 2 fully saturated rings. The number of benzene rings is 1. The van der Waals surface area contributed by atoms with Crippen molar-refractivity contribution in [3.05, 3.63) is 35.6 Å². The number of aliphatic imine (C=N–C) groups is 1. The van der Waals surface area contributed by atoms with Crippen LogP contribution >= 0.6 is 24.0 Å². The van der Waals surface area contributed by atoms with E-state index in [-0.39, 0.29) is 35.8 Å². The van der Waals surface area contributed by atoms with Gasteiger partial charge in [-0.15, -0.1) is 24.0 Å². The van der Waals surface area contributed by atoms with E-state index in [1.54, 1.807) is 12.1 Å². The second kappa shape index (κ2) is 14.2. The predicted molar refractivity (Wildman–Crippen MR) is 136 cm³/mol. The lowest BCUT2D eigenvalue weighted by Crippen LogP contribution is -2.47. The third-order valence-corrected chi connectivity index (χ3v) is 6.23. The highest BCUT2D eigenvalue weighted by Gasteiger charge is 2.23. The van der Waals surface area contributed by atoms with Gasteiger partial charge in [0, 0.05) is 33.2 Å². The first kappa shape index (κ1) is 26.3. The molecule has 1 aromatic rings. The van der Waals surface area contributed by atoms with Crippen molar-refractivity contribution >= 4 is 29.9 Å². The average molecular weight is 548 g/mol. The van der Waals surface area contributed by atoms with Gasteiger partial charge in [-0.1, -0.05) is 19.1 Å². The molecule has 0 spiro atoms. The highest BCUT2D eigenvalue weighted by atomic mass is 127. The number of guanidine groups is 1. The van der Waals surface area contributed by atoms with Crippen LogP contribution in [-0.4, -0.2) is 81.8 Å². The van der Waals surface area contributed by atoms with Crippen LogP contribution in [0.1, 0.15) is 37.8 Å². The fourth-order valence-corrected chi connectivity index (χ4v) is 4.42. The van der Waals surface area contributed by atoms with Gasteiger partial charge in [0.2, 0.25) is 0 Å². The number of likely N-dealkylation sites (tertiary alicyclic amines) is 1. The lowest BCUT2D eigenvalue weighted by Gasteiger charge is -2.35. The van der Waals surface area contributed by atoms with Crippen LogP contribution in [0.25, 0.3) is 0 Å². The van der Waals surface area contributed by atoms with Gasteiger partial charge in [-0.2, -0.15) is 0 Å². The number of rotatable bonds is 8. The Kier molecular flexibility index (Phi) is 12.1. The van der Waals surface area contributed by atoms with Gasteiger partial charge in [-0.3, -0.25) is 9.89 Å². The summed E-state index contributed by atoms with van der Waals surface area (Å²) in [6.07, 6.45) is 3.73. The molecule has 0 radical (unpaired) electrons. The topological polar surface area (TPSA) is 52.1 Å². The third kappa shape index (κ3) is 8.47. The summed E-state index contributed by atoms with van der Waals surface area (Å²) >= 11 is 0. The molecular weight excluding hydrogens is 508 g/mol. The van der Waals surface area contributed by atoms with Crippen molar-refractivity contribution in [1.82, 2.24) is 20.4 Å². The van der Waals surface area contributed by atoms with Gasteiger partial charge in [-0.25, -0.2) is 4.39 Å². The molecule has 2 heterocycles. The van der Waals surface area contributed by atoms with Gasteiger partial charge in [0.15, 0.2) is 5.96 Å². The molecule has 1 atom stereocenters. The van der Waals surface area contributed by atoms with Gasteiger partial charge in [0.1, 0.15) is 5.82 Å². The summed E-state index contributed by atoms with van der Waals surface area (Å²) < 4.78 is 18.9. The minimum absolute atomic E-state index is 0. The van der Waals surface area contributed by atoms with Crippen LogP contribution in [0.2, 0.25) is 0 Å². The lowest BCUT2D eigenvalue weighted by atomic mass is 9.97. The Morgan fingerprint density at radius 1 is 1.13 bits per heavy atom. The predicted octanol–water partition coefficient (Wildman–Crippen LogP) is 3.10. The Labute approximate surface area is 204 Å². The normalized spacial score (nSPS) is 20.2. The molecule has 31 heavy (non-hydrogen) atoms. The monoisotopic (exact) mass is 547 g/mol. The molecule has 0 bridgehead atoms. The molecule has 2 aliphatic heterocycles. The molecule has 2 aliphatic rings. The summed E-state index contributed by atoms with van der Waals surface area (Å²) in [4.78, 5) is 9.39. The Morgan fingerprint density at radius 2 is 1.81 bits per heavy atom. The fourth-order valence-electron chi connectivity index (χ4n) is 4.42. The van der Waals surface area contributed by atoms with E-state index >= 15 is 0 Å². The highest BCUT2D eigenvalue weighted by molar-refractivity contribution is 14.0. The van der Waals surface area contributed by atoms with E-state index in [0.717, 1.165) is 50.9 Å². The van der Waals surface area contributed by atoms with E-state index in [1.165, 1.54) is 38.9 Å². The molecule has 3 rings (SSSR count). The number of hydrogen-bond acceptors (Lipinski definition) is 4. The van der Waals surface area contributed by atoms with Crippen LogP contribution in [0.15, 0.2) is 29.3 Å². The van der Waals surface area contributed by atoms with Gasteiger partial charge in [0.25, 0.3) is 0 Å². The van der Waals surface area contributed by atoms with Crippen molar-refractivity contribution in [2.75, 3.05) is 66.1 Å². The molecule has 2 N–H and O–H groups in total. The Morgan fingerprint density at radius 3 is 2.42 bits per heavy atom. The number of halogens is 2. The standard InChI is InChI=1S/C23H38FN5O.HI/c1-3-10-28-11-8-19(9-12-28)17-26-23(25-2)27-18-22(29-13-15-30-16-14-29)20-4-6-21(24)7-5-20;/h4-7,19,22H,3,8-18H2,1-2H3,(H2,25,26,27);1H. The molecule has 0 saturated carbocycles. The zero-order valence-electron chi connectivity index (χ0n) is 19.0. The van der Waals surface area contributed by atoms with Gasteiger partial charge < -0.3 is 20.3 Å². The lowest BCUT2D eigenvalue weighted by molar-refractivity contribution is 0.0170. The van der Waals surface area contributed by atoms with Crippen molar-refractivity contribution < 1.29 is 9.13 Å². The summed E-state index contributed by atoms with van der Waals surface area (Å²) in [5.74, 6) is 1.34. The molecular formula is C23H39FIN5O. The van der Waals surface area contributed by atoms with Gasteiger partial charge in [0.05, 0.1) is 19.3 Å². The van der Waals surface area contributed by atoms with E-state index in [0.29, 0.717) is 5.92 Å². The highest BCUT2D eigenvalue weighted by Crippen LogP contribution is 2.22. The Hall–Kier alpha value is -0.970. The first-order valence-corrected chi connectivity index (χ1v) is 11.4. The number of morpholine rings is 1. The maximum Gasteiger partial charge on any atom is 0.191 e. The van der Waals surface area contributed by atoms with Crippen molar-refractivity contribution in [2.45, 2.75) is 32.2 Å². The summed E-state index contributed by atoms with van der Waals surface area (Å²) in [6.45, 7) is 10.8. The minimum Gasteiger partial charge on any atom is -0.379 e. The van der Waals surface area contributed by atoms with E-state index in [9.17, 15) is 4.39 Å². The van der Waals surface area contributed by atoms with E-state index in [4.69, 9.17) is 4.74 Å². The SMILES string of the molecule is CCCN1CCC(CNC(=NC)NCC(c2ccc(F)cc2)N2CCOCC2)CC1.I. The zero-order chi connectivity index (χ0) is 21.2. The third-order valence-electron chi connectivity index (χ3n) is 6.23. The molecule has 1 unspecified atom stereocenters. The molecule has 0 amide bonds. The molecule has 176 valence electrons. The first-order valence-electron chi connectivity index (χ1n) is 11.4. The number of nitrogens with one attached hydrogen (secondary N) is 2. The first-order chi connectivity index (χ1) is 14.7. The van der Waals surface area contributed by atoms with Crippen LogP contribution in [-0.2, 0) is 4.74 Å². The van der Waals surface area contributed by atoms with Crippen LogP contribution in [0.5, 0.6) is 0 Å². The Balaban J connectivity index is 0.00000341. The number of hydrogen-bond donors (Lipinski definition) is 2. The minimum atomic E-state index is -0.199. The van der Waals surface area contributed by atoms with Crippen molar-refractivity contribution in [1.29, 1.82) is 0 Å². The second-order valence-electron chi connectivity index (χ2n) is 8.33. The largest absolute Gasteiger partial charge is 0.379 e. The number of nitrogens with zero attached hydrogens (tertiary/aromatic N) is 3. The number of ether oxygens (including phenoxy) is 1. The summed E-state index contributed by atoms with van der Waals surface area (Å²) in [7, 11) is 1.82. The van der Waals surface area contributed by atoms with Crippen LogP contribution in [0.4, 0.5) is 4.39 Å². The van der Waals surface area contributed by atoms with Gasteiger partial charge >= 0.3 is 0 Å². The molecule has 2 saturated heterocycles. The molecule has 0 aromatic heterocycles. The van der Waals surface area contributed by atoms with E-state index in [1.807, 2.05) is 19.2 Å². The van der Waals surface area contributed by atoms with Crippen molar-refractivity contribution in [3.8, 4) is 0 Å². The Bertz CT molecular complexity index is 646. The summed E-state index contributed by atoms with van der Waals surface area (Å²) in [5.41, 5.74) is 1.12. The van der Waals surface area contributed by atoms with Crippen LogP contribution in [0, 0.1) is 11.7 Å². The summed E-state index contributed by atoms with van der Waals surface area (Å²) in [5, 5.41) is 7.02. The van der Waals surface area contributed by atoms with Crippen molar-refractivity contribution in [2.24, 2.45) is 10.9 Å². The van der Waals surface area contributed by atoms with Crippen LogP contribution in [0.3, 0.4) is 0 Å². The number of piperidine rings is 1. The van der Waals surface area contributed by atoms with Gasteiger partial charge in [-0.05, 0) is 62.5 Å². The van der Waals surface area contributed by atoms with Crippen molar-refractivity contribution in [3.63, 3.8) is 0 Å². The van der Waals surface area contributed by atoms with E-state index in [2.05, 4.69) is 32.3 Å². The average Bonchev–Trinajstić information content (AvgIpc) is 2.79. The van der Waals surface area contributed by atoms with Crippen LogP contribution < -0.4 is 10.6 Å². The summed E-state index contributed by atoms with van der Waals surface area (Å²) in [6, 6.07) is 7.02. The maximum atomic E-state index is 13.4. The smallest absolute Gasteiger partial charge is 0.191 e.